The summed E-state index contributed by atoms with van der Waals surface area (Å²) in [6.07, 6.45) is 1.63. The maximum atomic E-state index is 12.6. The van der Waals surface area contributed by atoms with Gasteiger partial charge in [0, 0.05) is 18.2 Å². The number of hydrogen-bond donors (Lipinski definition) is 2. The van der Waals surface area contributed by atoms with Gasteiger partial charge in [0.25, 0.3) is 5.91 Å². The molecule has 7 nitrogen and oxygen atoms in total. The molecule has 0 radical (unpaired) electrons. The summed E-state index contributed by atoms with van der Waals surface area (Å²) >= 11 is 0. The van der Waals surface area contributed by atoms with Crippen molar-refractivity contribution in [3.63, 3.8) is 0 Å². The van der Waals surface area contributed by atoms with Crippen molar-refractivity contribution in [1.82, 2.24) is 10.0 Å². The van der Waals surface area contributed by atoms with Gasteiger partial charge in [0.15, 0.2) is 0 Å². The molecule has 0 aliphatic heterocycles. The first kappa shape index (κ1) is 21.7. The van der Waals surface area contributed by atoms with Crippen LogP contribution in [0.1, 0.15) is 39.1 Å². The van der Waals surface area contributed by atoms with E-state index in [0.29, 0.717) is 12.1 Å². The molecule has 3 aromatic carbocycles. The highest BCUT2D eigenvalue weighted by atomic mass is 32.2. The fourth-order valence-electron chi connectivity index (χ4n) is 3.03. The van der Waals surface area contributed by atoms with Gasteiger partial charge in [-0.05, 0) is 54.8 Å². The molecule has 0 heterocycles. The van der Waals surface area contributed by atoms with Gasteiger partial charge < -0.3 is 10.1 Å². The van der Waals surface area contributed by atoms with E-state index in [0.717, 1.165) is 18.4 Å². The highest BCUT2D eigenvalue weighted by Crippen LogP contribution is 2.23. The van der Waals surface area contributed by atoms with Crippen LogP contribution in [-0.2, 0) is 16.6 Å². The zero-order valence-electron chi connectivity index (χ0n) is 17.2. The third-order valence-corrected chi connectivity index (χ3v) is 6.40. The first-order valence-corrected chi connectivity index (χ1v) is 11.7. The van der Waals surface area contributed by atoms with Gasteiger partial charge in [0.05, 0.1) is 10.5 Å². The van der Waals surface area contributed by atoms with Crippen LogP contribution in [0.2, 0.25) is 0 Å². The number of benzene rings is 3. The molecule has 1 saturated carbocycles. The lowest BCUT2D eigenvalue weighted by Gasteiger charge is -2.09. The fraction of sp³-hybridized carbons (Fsp3) is 0.167. The second kappa shape index (κ2) is 9.33. The van der Waals surface area contributed by atoms with Crippen LogP contribution in [0.5, 0.6) is 5.75 Å². The summed E-state index contributed by atoms with van der Waals surface area (Å²) in [5.41, 5.74) is 1.41. The highest BCUT2D eigenvalue weighted by molar-refractivity contribution is 7.89. The van der Waals surface area contributed by atoms with Gasteiger partial charge in [0.1, 0.15) is 5.75 Å². The number of hydrogen-bond acceptors (Lipinski definition) is 5. The van der Waals surface area contributed by atoms with Crippen molar-refractivity contribution in [3.8, 4) is 5.75 Å². The van der Waals surface area contributed by atoms with E-state index in [1.54, 1.807) is 18.2 Å². The number of sulfonamides is 1. The van der Waals surface area contributed by atoms with E-state index in [9.17, 15) is 18.0 Å². The van der Waals surface area contributed by atoms with E-state index in [4.69, 9.17) is 4.74 Å². The van der Waals surface area contributed by atoms with Gasteiger partial charge in [-0.25, -0.2) is 17.9 Å². The molecule has 1 aliphatic rings. The van der Waals surface area contributed by atoms with E-state index in [1.807, 2.05) is 30.3 Å². The Labute approximate surface area is 186 Å². The zero-order chi connectivity index (χ0) is 22.6. The molecule has 4 rings (SSSR count). The Morgan fingerprint density at radius 2 is 1.59 bits per heavy atom. The Balaban J connectivity index is 1.42. The largest absolute Gasteiger partial charge is 0.423 e. The number of carbonyl (C=O) groups excluding carboxylic acids is 2. The van der Waals surface area contributed by atoms with Crippen molar-refractivity contribution >= 4 is 21.9 Å². The first-order chi connectivity index (χ1) is 15.4. The first-order valence-electron chi connectivity index (χ1n) is 10.2. The van der Waals surface area contributed by atoms with Gasteiger partial charge in [0.2, 0.25) is 10.0 Å². The molecule has 0 saturated heterocycles. The highest BCUT2D eigenvalue weighted by Gasteiger charge is 2.28. The molecule has 3 aromatic rings. The van der Waals surface area contributed by atoms with Crippen LogP contribution in [-0.4, -0.2) is 26.3 Å². The maximum absolute atomic E-state index is 12.6. The number of esters is 1. The van der Waals surface area contributed by atoms with E-state index in [2.05, 4.69) is 10.0 Å². The monoisotopic (exact) mass is 450 g/mol. The van der Waals surface area contributed by atoms with Crippen molar-refractivity contribution in [2.45, 2.75) is 30.3 Å². The predicted molar refractivity (Wildman–Crippen MR) is 119 cm³/mol. The zero-order valence-corrected chi connectivity index (χ0v) is 18.0. The minimum Gasteiger partial charge on any atom is -0.423 e. The average molecular weight is 451 g/mol. The Morgan fingerprint density at radius 1 is 0.875 bits per heavy atom. The molecule has 2 N–H and O–H groups in total. The number of ether oxygens (including phenoxy) is 1. The Hall–Kier alpha value is -3.49. The summed E-state index contributed by atoms with van der Waals surface area (Å²) in [6.45, 7) is 0.375. The number of rotatable bonds is 8. The molecular formula is C24H22N2O5S. The lowest BCUT2D eigenvalue weighted by Crippen LogP contribution is -2.26. The topological polar surface area (TPSA) is 102 Å². The SMILES string of the molecule is O=C(NCc1ccccc1)c1cccc(OC(=O)c2cccc(S(=O)(=O)NC3CC3)c2)c1. The normalized spacial score (nSPS) is 13.4. The lowest BCUT2D eigenvalue weighted by atomic mass is 10.2. The van der Waals surface area contributed by atoms with Gasteiger partial charge >= 0.3 is 5.97 Å². The van der Waals surface area contributed by atoms with Crippen molar-refractivity contribution in [2.24, 2.45) is 0 Å². The molecule has 0 aromatic heterocycles. The smallest absolute Gasteiger partial charge is 0.343 e. The minimum absolute atomic E-state index is 0.00731. The average Bonchev–Trinajstić information content (AvgIpc) is 3.62. The van der Waals surface area contributed by atoms with Crippen LogP contribution in [0.4, 0.5) is 0 Å². The number of nitrogens with one attached hydrogen (secondary N) is 2. The summed E-state index contributed by atoms with van der Waals surface area (Å²) in [5.74, 6) is -0.826. The Kier molecular flexibility index (Phi) is 6.34. The molecule has 0 bridgehead atoms. The van der Waals surface area contributed by atoms with Crippen LogP contribution in [0, 0.1) is 0 Å². The summed E-state index contributed by atoms with van der Waals surface area (Å²) in [5, 5.41) is 2.82. The van der Waals surface area contributed by atoms with Crippen LogP contribution < -0.4 is 14.8 Å². The molecular weight excluding hydrogens is 428 g/mol. The van der Waals surface area contributed by atoms with Gasteiger partial charge in [-0.15, -0.1) is 0 Å². The molecule has 164 valence electrons. The molecule has 0 unspecified atom stereocenters. The molecule has 0 spiro atoms. The number of carbonyl (C=O) groups is 2. The van der Waals surface area contributed by atoms with Crippen LogP contribution in [0.15, 0.2) is 83.8 Å². The van der Waals surface area contributed by atoms with Gasteiger partial charge in [-0.3, -0.25) is 4.79 Å². The van der Waals surface area contributed by atoms with Crippen molar-refractivity contribution in [2.75, 3.05) is 0 Å². The van der Waals surface area contributed by atoms with Gasteiger partial charge in [-0.1, -0.05) is 42.5 Å². The minimum atomic E-state index is -3.68. The standard InChI is InChI=1S/C24H22N2O5S/c27-23(25-16-17-6-2-1-3-7-17)18-8-4-10-21(14-18)31-24(28)19-9-5-11-22(15-19)32(29,30)26-20-12-13-20/h1-11,14-15,20,26H,12-13,16H2,(H,25,27). The van der Waals surface area contributed by atoms with Gasteiger partial charge in [-0.2, -0.15) is 0 Å². The lowest BCUT2D eigenvalue weighted by molar-refractivity contribution is 0.0733. The van der Waals surface area contributed by atoms with Crippen LogP contribution in [0.3, 0.4) is 0 Å². The third-order valence-electron chi connectivity index (χ3n) is 4.88. The quantitative estimate of drug-likeness (QED) is 0.405. The van der Waals surface area contributed by atoms with E-state index < -0.39 is 16.0 Å². The molecule has 8 heteroatoms. The molecule has 1 fully saturated rings. The summed E-state index contributed by atoms with van der Waals surface area (Å²) in [4.78, 5) is 25.0. The third kappa shape index (κ3) is 5.60. The maximum Gasteiger partial charge on any atom is 0.343 e. The fourth-order valence-corrected chi connectivity index (χ4v) is 4.38. The molecule has 0 atom stereocenters. The Morgan fingerprint density at radius 3 is 2.34 bits per heavy atom. The van der Waals surface area contributed by atoms with Crippen LogP contribution in [0.25, 0.3) is 0 Å². The van der Waals surface area contributed by atoms with E-state index in [-0.39, 0.29) is 28.2 Å². The van der Waals surface area contributed by atoms with Crippen LogP contribution >= 0.6 is 0 Å². The molecule has 1 aliphatic carbocycles. The molecule has 1 amide bonds. The summed E-state index contributed by atoms with van der Waals surface area (Å²) in [7, 11) is -3.68. The second-order valence-electron chi connectivity index (χ2n) is 7.51. The summed E-state index contributed by atoms with van der Waals surface area (Å²) in [6, 6.07) is 21.4. The van der Waals surface area contributed by atoms with Crippen molar-refractivity contribution < 1.29 is 22.7 Å². The van der Waals surface area contributed by atoms with Crippen molar-refractivity contribution in [3.05, 3.63) is 95.6 Å². The Bertz CT molecular complexity index is 1240. The molecule has 32 heavy (non-hydrogen) atoms. The predicted octanol–water partition coefficient (Wildman–Crippen LogP) is 3.28. The summed E-state index contributed by atoms with van der Waals surface area (Å²) < 4.78 is 32.7. The number of amides is 1. The second-order valence-corrected chi connectivity index (χ2v) is 9.22. The van der Waals surface area contributed by atoms with Crippen molar-refractivity contribution in [1.29, 1.82) is 0 Å². The van der Waals surface area contributed by atoms with E-state index in [1.165, 1.54) is 30.3 Å². The van der Waals surface area contributed by atoms with E-state index >= 15 is 0 Å².